The Balaban J connectivity index is 2.72. The van der Waals surface area contributed by atoms with E-state index in [2.05, 4.69) is 0 Å². The molecule has 4 N–H and O–H groups in total. The summed E-state index contributed by atoms with van der Waals surface area (Å²) in [7, 11) is 0. The first-order chi connectivity index (χ1) is 7.46. The van der Waals surface area contributed by atoms with Gasteiger partial charge in [-0.25, -0.2) is 0 Å². The van der Waals surface area contributed by atoms with Gasteiger partial charge < -0.3 is 29.9 Å². The van der Waals surface area contributed by atoms with Crippen LogP contribution in [-0.2, 0) is 9.47 Å². The highest BCUT2D eigenvalue weighted by Gasteiger charge is 2.54. The summed E-state index contributed by atoms with van der Waals surface area (Å²) >= 11 is 0. The molecule has 6 heteroatoms. The summed E-state index contributed by atoms with van der Waals surface area (Å²) < 4.78 is 10.5. The molecule has 0 aromatic carbocycles. The average molecular weight is 236 g/mol. The molecule has 16 heavy (non-hydrogen) atoms. The lowest BCUT2D eigenvalue weighted by Gasteiger charge is -2.30. The van der Waals surface area contributed by atoms with E-state index in [4.69, 9.17) is 14.6 Å². The summed E-state index contributed by atoms with van der Waals surface area (Å²) in [5.41, 5.74) is 0. The fourth-order valence-corrected chi connectivity index (χ4v) is 1.61. The van der Waals surface area contributed by atoms with E-state index in [-0.39, 0.29) is 12.5 Å². The minimum atomic E-state index is -1.63. The van der Waals surface area contributed by atoms with Gasteiger partial charge in [-0.3, -0.25) is 0 Å². The Morgan fingerprint density at radius 2 is 1.94 bits per heavy atom. The van der Waals surface area contributed by atoms with Crippen molar-refractivity contribution < 1.29 is 29.9 Å². The third-order valence-electron chi connectivity index (χ3n) is 2.57. The van der Waals surface area contributed by atoms with Crippen molar-refractivity contribution in [2.75, 3.05) is 19.8 Å². The van der Waals surface area contributed by atoms with E-state index in [1.54, 1.807) is 0 Å². The molecule has 0 bridgehead atoms. The van der Waals surface area contributed by atoms with Gasteiger partial charge in [-0.1, -0.05) is 13.8 Å². The van der Waals surface area contributed by atoms with Crippen LogP contribution in [0.1, 0.15) is 13.8 Å². The van der Waals surface area contributed by atoms with E-state index < -0.39 is 37.3 Å². The van der Waals surface area contributed by atoms with Crippen LogP contribution in [-0.4, -0.2) is 64.3 Å². The molecule has 0 amide bonds. The topological polar surface area (TPSA) is 99.4 Å². The summed E-state index contributed by atoms with van der Waals surface area (Å²) in [4.78, 5) is 0. The Kier molecular flexibility index (Phi) is 4.66. The highest BCUT2D eigenvalue weighted by molar-refractivity contribution is 4.96. The van der Waals surface area contributed by atoms with Gasteiger partial charge in [-0.2, -0.15) is 0 Å². The van der Waals surface area contributed by atoms with Gasteiger partial charge in [0.05, 0.1) is 13.2 Å². The Labute approximate surface area is 94.4 Å². The van der Waals surface area contributed by atoms with Gasteiger partial charge in [0.25, 0.3) is 0 Å². The summed E-state index contributed by atoms with van der Waals surface area (Å²) in [6, 6.07) is 0. The maximum atomic E-state index is 9.75. The van der Waals surface area contributed by atoms with Crippen molar-refractivity contribution in [2.24, 2.45) is 5.92 Å². The minimum Gasteiger partial charge on any atom is -0.394 e. The van der Waals surface area contributed by atoms with Crippen LogP contribution >= 0.6 is 0 Å². The smallest absolute Gasteiger partial charge is 0.221 e. The number of aliphatic hydroxyl groups excluding tert-OH is 4. The fraction of sp³-hybridized carbons (Fsp3) is 1.00. The zero-order chi connectivity index (χ0) is 12.3. The standard InChI is InChI=1S/C10H20O6/c1-6(2)4-15-10(5-12)9(14)8(13)7(3-11)16-10/h6-9,11-14H,3-5H2,1-2H3/t7-,8-,9+,10?/m1/s1. The van der Waals surface area contributed by atoms with Crippen LogP contribution in [0.4, 0.5) is 0 Å². The second kappa shape index (κ2) is 5.39. The first-order valence-corrected chi connectivity index (χ1v) is 5.36. The van der Waals surface area contributed by atoms with E-state index in [1.165, 1.54) is 0 Å². The van der Waals surface area contributed by atoms with E-state index in [1.807, 2.05) is 13.8 Å². The molecule has 0 spiro atoms. The molecule has 1 fully saturated rings. The quantitative estimate of drug-likeness (QED) is 0.462. The number of hydrogen-bond donors (Lipinski definition) is 4. The molecular weight excluding hydrogens is 216 g/mol. The lowest BCUT2D eigenvalue weighted by Crippen LogP contribution is -2.49. The molecule has 0 aromatic rings. The highest BCUT2D eigenvalue weighted by Crippen LogP contribution is 2.32. The molecule has 1 heterocycles. The normalized spacial score (nSPS) is 39.6. The number of aliphatic hydroxyl groups is 4. The van der Waals surface area contributed by atoms with E-state index in [0.29, 0.717) is 0 Å². The Bertz CT molecular complexity index is 221. The van der Waals surface area contributed by atoms with Crippen LogP contribution in [0, 0.1) is 5.92 Å². The zero-order valence-corrected chi connectivity index (χ0v) is 9.54. The molecule has 1 aliphatic rings. The number of rotatable bonds is 5. The van der Waals surface area contributed by atoms with Crippen molar-refractivity contribution in [1.29, 1.82) is 0 Å². The molecule has 1 rings (SSSR count). The first kappa shape index (κ1) is 13.8. The third-order valence-corrected chi connectivity index (χ3v) is 2.57. The van der Waals surface area contributed by atoms with Gasteiger partial charge in [0, 0.05) is 0 Å². The van der Waals surface area contributed by atoms with Crippen LogP contribution in [0.15, 0.2) is 0 Å². The number of hydrogen-bond acceptors (Lipinski definition) is 6. The van der Waals surface area contributed by atoms with Gasteiger partial charge in [0.2, 0.25) is 5.79 Å². The molecule has 4 atom stereocenters. The molecule has 96 valence electrons. The van der Waals surface area contributed by atoms with E-state index in [0.717, 1.165) is 0 Å². The van der Waals surface area contributed by atoms with Gasteiger partial charge in [0.15, 0.2) is 0 Å². The second-order valence-corrected chi connectivity index (χ2v) is 4.45. The van der Waals surface area contributed by atoms with Crippen LogP contribution < -0.4 is 0 Å². The van der Waals surface area contributed by atoms with Gasteiger partial charge in [-0.15, -0.1) is 0 Å². The van der Waals surface area contributed by atoms with Gasteiger partial charge in [-0.05, 0) is 5.92 Å². The Morgan fingerprint density at radius 1 is 1.31 bits per heavy atom. The summed E-state index contributed by atoms with van der Waals surface area (Å²) in [6.07, 6.45) is -3.56. The highest BCUT2D eigenvalue weighted by atomic mass is 16.7. The van der Waals surface area contributed by atoms with Crippen molar-refractivity contribution in [3.8, 4) is 0 Å². The first-order valence-electron chi connectivity index (χ1n) is 5.36. The molecule has 1 saturated heterocycles. The monoisotopic (exact) mass is 236 g/mol. The van der Waals surface area contributed by atoms with Crippen LogP contribution in [0.2, 0.25) is 0 Å². The van der Waals surface area contributed by atoms with E-state index in [9.17, 15) is 15.3 Å². The maximum Gasteiger partial charge on any atom is 0.221 e. The van der Waals surface area contributed by atoms with Crippen molar-refractivity contribution >= 4 is 0 Å². The van der Waals surface area contributed by atoms with Gasteiger partial charge >= 0.3 is 0 Å². The SMILES string of the molecule is CC(C)COC1(CO)O[C@H](CO)[C@@H](O)[C@@H]1O. The predicted octanol–water partition coefficient (Wildman–Crippen LogP) is -1.54. The van der Waals surface area contributed by atoms with Crippen LogP contribution in [0.25, 0.3) is 0 Å². The molecule has 0 aliphatic carbocycles. The molecule has 0 saturated carbocycles. The molecule has 0 radical (unpaired) electrons. The lowest BCUT2D eigenvalue weighted by atomic mass is 10.1. The minimum absolute atomic E-state index is 0.199. The van der Waals surface area contributed by atoms with Crippen molar-refractivity contribution in [3.63, 3.8) is 0 Å². The van der Waals surface area contributed by atoms with Crippen molar-refractivity contribution in [3.05, 3.63) is 0 Å². The maximum absolute atomic E-state index is 9.75. The number of ether oxygens (including phenoxy) is 2. The van der Waals surface area contributed by atoms with Crippen LogP contribution in [0.3, 0.4) is 0 Å². The fourth-order valence-electron chi connectivity index (χ4n) is 1.61. The summed E-state index contributed by atoms with van der Waals surface area (Å²) in [5, 5.41) is 37.5. The van der Waals surface area contributed by atoms with E-state index >= 15 is 0 Å². The Morgan fingerprint density at radius 3 is 2.31 bits per heavy atom. The summed E-state index contributed by atoms with van der Waals surface area (Å²) in [5.74, 6) is -1.43. The molecule has 1 unspecified atom stereocenters. The predicted molar refractivity (Wildman–Crippen MR) is 54.6 cm³/mol. The van der Waals surface area contributed by atoms with Crippen molar-refractivity contribution in [2.45, 2.75) is 37.9 Å². The molecular formula is C10H20O6. The molecule has 0 aromatic heterocycles. The zero-order valence-electron chi connectivity index (χ0n) is 9.54. The average Bonchev–Trinajstić information content (AvgIpc) is 2.51. The third kappa shape index (κ3) is 2.53. The lowest BCUT2D eigenvalue weighted by molar-refractivity contribution is -0.279. The summed E-state index contributed by atoms with van der Waals surface area (Å²) in [6.45, 7) is 3.08. The Hall–Kier alpha value is -0.240. The molecule has 6 nitrogen and oxygen atoms in total. The van der Waals surface area contributed by atoms with Crippen LogP contribution in [0.5, 0.6) is 0 Å². The molecule has 1 aliphatic heterocycles. The largest absolute Gasteiger partial charge is 0.394 e. The van der Waals surface area contributed by atoms with Crippen molar-refractivity contribution in [1.82, 2.24) is 0 Å². The second-order valence-electron chi connectivity index (χ2n) is 4.45. The van der Waals surface area contributed by atoms with Gasteiger partial charge in [0.1, 0.15) is 24.9 Å².